The zero-order valence-corrected chi connectivity index (χ0v) is 10.7. The van der Waals surface area contributed by atoms with Gasteiger partial charge in [-0.05, 0) is 30.3 Å². The first-order valence-electron chi connectivity index (χ1n) is 5.03. The van der Waals surface area contributed by atoms with Crippen molar-refractivity contribution in [1.82, 2.24) is 0 Å². The number of hydrogen-bond acceptors (Lipinski definition) is 4. The Kier molecular flexibility index (Phi) is 3.74. The van der Waals surface area contributed by atoms with Crippen molar-refractivity contribution in [3.05, 3.63) is 57.6 Å². The smallest absolute Gasteiger partial charge is 0.269 e. The van der Waals surface area contributed by atoms with Gasteiger partial charge in [-0.3, -0.25) is 10.1 Å². The molecule has 0 aromatic heterocycles. The fourth-order valence-electron chi connectivity index (χ4n) is 1.36. The molecule has 2 aromatic rings. The van der Waals surface area contributed by atoms with Gasteiger partial charge in [0, 0.05) is 27.6 Å². The highest BCUT2D eigenvalue weighted by molar-refractivity contribution is 7.99. The first-order chi connectivity index (χ1) is 8.56. The maximum atomic E-state index is 10.5. The van der Waals surface area contributed by atoms with Crippen molar-refractivity contribution in [3.8, 4) is 0 Å². The third kappa shape index (κ3) is 2.94. The standard InChI is InChI=1S/C12H9ClN2O2S/c13-11-7-8(14)1-6-12(11)18-10-4-2-9(3-5-10)15(16)17/h1-7H,14H2. The van der Waals surface area contributed by atoms with Gasteiger partial charge in [0.2, 0.25) is 0 Å². The molecular formula is C12H9ClN2O2S. The summed E-state index contributed by atoms with van der Waals surface area (Å²) in [5, 5.41) is 11.1. The molecule has 2 aromatic carbocycles. The molecule has 0 aliphatic rings. The van der Waals surface area contributed by atoms with Crippen LogP contribution in [0, 0.1) is 10.1 Å². The van der Waals surface area contributed by atoms with E-state index >= 15 is 0 Å². The number of anilines is 1. The lowest BCUT2D eigenvalue weighted by Crippen LogP contribution is -1.87. The van der Waals surface area contributed by atoms with Crippen LogP contribution in [0.15, 0.2) is 52.3 Å². The van der Waals surface area contributed by atoms with Gasteiger partial charge in [-0.2, -0.15) is 0 Å². The molecular weight excluding hydrogens is 272 g/mol. The van der Waals surface area contributed by atoms with Crippen molar-refractivity contribution in [2.24, 2.45) is 0 Å². The second-order valence-electron chi connectivity index (χ2n) is 3.54. The quantitative estimate of drug-likeness (QED) is 0.524. The van der Waals surface area contributed by atoms with E-state index in [1.807, 2.05) is 6.07 Å². The molecule has 6 heteroatoms. The predicted molar refractivity (Wildman–Crippen MR) is 73.1 cm³/mol. The molecule has 0 unspecified atom stereocenters. The number of nitro groups is 1. The molecule has 0 bridgehead atoms. The summed E-state index contributed by atoms with van der Waals surface area (Å²) in [6.45, 7) is 0. The summed E-state index contributed by atoms with van der Waals surface area (Å²) in [6, 6.07) is 11.6. The lowest BCUT2D eigenvalue weighted by molar-refractivity contribution is -0.384. The molecule has 2 N–H and O–H groups in total. The molecule has 0 atom stereocenters. The summed E-state index contributed by atoms with van der Waals surface area (Å²) in [5.41, 5.74) is 6.28. The molecule has 0 fully saturated rings. The summed E-state index contributed by atoms with van der Waals surface area (Å²) in [7, 11) is 0. The zero-order valence-electron chi connectivity index (χ0n) is 9.17. The Hall–Kier alpha value is -1.72. The first kappa shape index (κ1) is 12.7. The Morgan fingerprint density at radius 3 is 2.39 bits per heavy atom. The Labute approximate surface area is 113 Å². The van der Waals surface area contributed by atoms with Gasteiger partial charge in [0.15, 0.2) is 0 Å². The van der Waals surface area contributed by atoms with Gasteiger partial charge in [0.05, 0.1) is 9.95 Å². The van der Waals surface area contributed by atoms with Crippen LogP contribution < -0.4 is 5.73 Å². The van der Waals surface area contributed by atoms with Crippen molar-refractivity contribution in [2.45, 2.75) is 9.79 Å². The highest BCUT2D eigenvalue weighted by Crippen LogP contribution is 2.34. The number of non-ortho nitro benzene ring substituents is 1. The van der Waals surface area contributed by atoms with E-state index in [1.54, 1.807) is 24.3 Å². The average molecular weight is 281 g/mol. The van der Waals surface area contributed by atoms with Crippen LogP contribution in [0.3, 0.4) is 0 Å². The molecule has 0 aliphatic carbocycles. The molecule has 0 saturated heterocycles. The normalized spacial score (nSPS) is 10.3. The van der Waals surface area contributed by atoms with Crippen LogP contribution >= 0.6 is 23.4 Å². The third-order valence-electron chi connectivity index (χ3n) is 2.23. The SMILES string of the molecule is Nc1ccc(Sc2ccc([N+](=O)[O-])cc2)c(Cl)c1. The van der Waals surface area contributed by atoms with Crippen molar-refractivity contribution in [2.75, 3.05) is 5.73 Å². The van der Waals surface area contributed by atoms with Crippen LogP contribution in [0.4, 0.5) is 11.4 Å². The molecule has 0 amide bonds. The Morgan fingerprint density at radius 1 is 1.17 bits per heavy atom. The van der Waals surface area contributed by atoms with Gasteiger partial charge in [-0.1, -0.05) is 23.4 Å². The molecule has 18 heavy (non-hydrogen) atoms. The number of nitrogens with two attached hydrogens (primary N) is 1. The van der Waals surface area contributed by atoms with Crippen molar-refractivity contribution >= 4 is 34.7 Å². The number of rotatable bonds is 3. The summed E-state index contributed by atoms with van der Waals surface area (Å²) < 4.78 is 0. The number of halogens is 1. The van der Waals surface area contributed by atoms with Crippen molar-refractivity contribution in [3.63, 3.8) is 0 Å². The number of nitrogen functional groups attached to an aromatic ring is 1. The number of nitrogens with zero attached hydrogens (tertiary/aromatic N) is 1. The fourth-order valence-corrected chi connectivity index (χ4v) is 2.49. The van der Waals surface area contributed by atoms with Crippen LogP contribution in [0.1, 0.15) is 0 Å². The number of hydrogen-bond donors (Lipinski definition) is 1. The Balaban J connectivity index is 2.21. The molecule has 92 valence electrons. The minimum Gasteiger partial charge on any atom is -0.399 e. The Bertz CT molecular complexity index is 587. The van der Waals surface area contributed by atoms with Crippen LogP contribution in [0.25, 0.3) is 0 Å². The van der Waals surface area contributed by atoms with Gasteiger partial charge >= 0.3 is 0 Å². The zero-order chi connectivity index (χ0) is 13.1. The second-order valence-corrected chi connectivity index (χ2v) is 5.07. The van der Waals surface area contributed by atoms with E-state index in [0.717, 1.165) is 9.79 Å². The van der Waals surface area contributed by atoms with E-state index in [-0.39, 0.29) is 5.69 Å². The number of nitro benzene ring substituents is 1. The van der Waals surface area contributed by atoms with Gasteiger partial charge < -0.3 is 5.73 Å². The first-order valence-corrected chi connectivity index (χ1v) is 6.23. The Morgan fingerprint density at radius 2 is 1.83 bits per heavy atom. The summed E-state index contributed by atoms with van der Waals surface area (Å²) >= 11 is 7.49. The number of benzene rings is 2. The van der Waals surface area contributed by atoms with Crippen LogP contribution in [-0.4, -0.2) is 4.92 Å². The summed E-state index contributed by atoms with van der Waals surface area (Å²) in [4.78, 5) is 11.8. The monoisotopic (exact) mass is 280 g/mol. The molecule has 0 aliphatic heterocycles. The molecule has 2 rings (SSSR count). The van der Waals surface area contributed by atoms with E-state index in [9.17, 15) is 10.1 Å². The van der Waals surface area contributed by atoms with Crippen LogP contribution in [0.2, 0.25) is 5.02 Å². The van der Waals surface area contributed by atoms with Gasteiger partial charge in [0.25, 0.3) is 5.69 Å². The largest absolute Gasteiger partial charge is 0.399 e. The fraction of sp³-hybridized carbons (Fsp3) is 0. The van der Waals surface area contributed by atoms with Gasteiger partial charge in [-0.25, -0.2) is 0 Å². The van der Waals surface area contributed by atoms with Crippen molar-refractivity contribution in [1.29, 1.82) is 0 Å². The van der Waals surface area contributed by atoms with E-state index in [2.05, 4.69) is 0 Å². The van der Waals surface area contributed by atoms with Gasteiger partial charge in [-0.15, -0.1) is 0 Å². The minimum absolute atomic E-state index is 0.0720. The minimum atomic E-state index is -0.426. The molecule has 0 saturated carbocycles. The lowest BCUT2D eigenvalue weighted by atomic mass is 10.3. The third-order valence-corrected chi connectivity index (χ3v) is 3.74. The van der Waals surface area contributed by atoms with E-state index < -0.39 is 4.92 Å². The van der Waals surface area contributed by atoms with E-state index in [4.69, 9.17) is 17.3 Å². The highest BCUT2D eigenvalue weighted by atomic mass is 35.5. The van der Waals surface area contributed by atoms with Gasteiger partial charge in [0.1, 0.15) is 0 Å². The summed E-state index contributed by atoms with van der Waals surface area (Å²) in [6.07, 6.45) is 0. The van der Waals surface area contributed by atoms with E-state index in [0.29, 0.717) is 10.7 Å². The molecule has 0 spiro atoms. The van der Waals surface area contributed by atoms with Crippen LogP contribution in [0.5, 0.6) is 0 Å². The highest BCUT2D eigenvalue weighted by Gasteiger charge is 2.06. The van der Waals surface area contributed by atoms with Crippen LogP contribution in [-0.2, 0) is 0 Å². The maximum Gasteiger partial charge on any atom is 0.269 e. The molecule has 4 nitrogen and oxygen atoms in total. The second kappa shape index (κ2) is 5.29. The molecule has 0 radical (unpaired) electrons. The summed E-state index contributed by atoms with van der Waals surface area (Å²) in [5.74, 6) is 0. The predicted octanol–water partition coefficient (Wildman–Crippen LogP) is 3.98. The average Bonchev–Trinajstić information content (AvgIpc) is 2.33. The van der Waals surface area contributed by atoms with Crippen molar-refractivity contribution < 1.29 is 4.92 Å². The van der Waals surface area contributed by atoms with E-state index in [1.165, 1.54) is 23.9 Å². The lowest BCUT2D eigenvalue weighted by Gasteiger charge is -2.04. The molecule has 0 heterocycles. The topological polar surface area (TPSA) is 69.2 Å². The maximum absolute atomic E-state index is 10.5.